The molecule has 0 amide bonds. The maximum atomic E-state index is 11.9. The fraction of sp³-hybridized carbons (Fsp3) is 0.700. The minimum Gasteiger partial charge on any atom is -0.383 e. The second kappa shape index (κ2) is 6.72. The molecule has 8 heteroatoms. The van der Waals surface area contributed by atoms with Crippen molar-refractivity contribution in [3.05, 3.63) is 12.4 Å². The summed E-state index contributed by atoms with van der Waals surface area (Å²) in [6.45, 7) is 3.16. The van der Waals surface area contributed by atoms with Crippen molar-refractivity contribution in [2.24, 2.45) is 0 Å². The normalized spacial score (nSPS) is 13.5. The van der Waals surface area contributed by atoms with E-state index >= 15 is 0 Å². The minimum absolute atomic E-state index is 0.396. The molecule has 0 radical (unpaired) electrons. The number of ether oxygens (including phenoxy) is 1. The molecule has 0 saturated heterocycles. The van der Waals surface area contributed by atoms with Crippen molar-refractivity contribution in [3.8, 4) is 0 Å². The molecule has 1 aromatic heterocycles. The van der Waals surface area contributed by atoms with Crippen LogP contribution in [0.25, 0.3) is 0 Å². The highest BCUT2D eigenvalue weighted by Crippen LogP contribution is 2.10. The molecule has 1 heterocycles. The third-order valence-corrected chi connectivity index (χ3v) is 4.19. The van der Waals surface area contributed by atoms with Crippen molar-refractivity contribution < 1.29 is 13.2 Å². The second-order valence-electron chi connectivity index (χ2n) is 4.00. The summed E-state index contributed by atoms with van der Waals surface area (Å²) in [6, 6.07) is 0. The minimum atomic E-state index is -3.38. The molecule has 0 aliphatic carbocycles. The van der Waals surface area contributed by atoms with Crippen LogP contribution in [0.1, 0.15) is 6.92 Å². The molecule has 18 heavy (non-hydrogen) atoms. The summed E-state index contributed by atoms with van der Waals surface area (Å²) in [7, 11) is -0.0590. The van der Waals surface area contributed by atoms with Crippen LogP contribution in [0.2, 0.25) is 0 Å². The van der Waals surface area contributed by atoms with E-state index in [0.717, 1.165) is 0 Å². The fourth-order valence-corrected chi connectivity index (χ4v) is 2.41. The van der Waals surface area contributed by atoms with Gasteiger partial charge in [-0.3, -0.25) is 9.40 Å². The van der Waals surface area contributed by atoms with Gasteiger partial charge in [0.25, 0.3) is 0 Å². The smallest absolute Gasteiger partial charge is 0.236 e. The Kier molecular flexibility index (Phi) is 5.57. The lowest BCUT2D eigenvalue weighted by molar-refractivity contribution is 0.183. The van der Waals surface area contributed by atoms with Crippen molar-refractivity contribution in [3.63, 3.8) is 0 Å². The quantitative estimate of drug-likeness (QED) is 0.691. The number of hydrogen-bond donors (Lipinski definition) is 2. The van der Waals surface area contributed by atoms with Gasteiger partial charge in [0.15, 0.2) is 0 Å². The average molecular weight is 276 g/mol. The zero-order valence-corrected chi connectivity index (χ0v) is 11.7. The summed E-state index contributed by atoms with van der Waals surface area (Å²) in [4.78, 5) is 0. The maximum absolute atomic E-state index is 11.9. The molecule has 0 spiro atoms. The molecule has 0 fully saturated rings. The monoisotopic (exact) mass is 276 g/mol. The van der Waals surface area contributed by atoms with Crippen molar-refractivity contribution in [2.75, 3.05) is 32.0 Å². The maximum Gasteiger partial charge on any atom is 0.236 e. The molecule has 0 aliphatic heterocycles. The van der Waals surface area contributed by atoms with Gasteiger partial charge in [0.05, 0.1) is 30.3 Å². The molecule has 2 N–H and O–H groups in total. The molecule has 7 nitrogen and oxygen atoms in total. The van der Waals surface area contributed by atoms with Gasteiger partial charge in [-0.2, -0.15) is 5.10 Å². The molecule has 1 aromatic rings. The number of anilines is 1. The highest BCUT2D eigenvalue weighted by Gasteiger charge is 2.20. The number of sulfonamides is 1. The van der Waals surface area contributed by atoms with Crippen LogP contribution in [0.4, 0.5) is 5.69 Å². The summed E-state index contributed by atoms with van der Waals surface area (Å²) in [5, 5.41) is 6.36. The highest BCUT2D eigenvalue weighted by atomic mass is 32.2. The Morgan fingerprint density at radius 1 is 1.56 bits per heavy atom. The predicted octanol–water partition coefficient (Wildman–Crippen LogP) is -0.121. The molecule has 0 aliphatic rings. The first-order chi connectivity index (χ1) is 8.49. The summed E-state index contributed by atoms with van der Waals surface area (Å²) in [6.07, 6.45) is 3.13. The van der Waals surface area contributed by atoms with Crippen molar-refractivity contribution in [1.29, 1.82) is 0 Å². The molecular weight excluding hydrogens is 256 g/mol. The van der Waals surface area contributed by atoms with E-state index in [4.69, 9.17) is 4.74 Å². The number of nitrogens with one attached hydrogen (secondary N) is 2. The Labute approximate surface area is 108 Å². The molecule has 1 rings (SSSR count). The van der Waals surface area contributed by atoms with E-state index in [1.54, 1.807) is 32.0 Å². The van der Waals surface area contributed by atoms with Crippen LogP contribution >= 0.6 is 0 Å². The Bertz CT molecular complexity index is 457. The average Bonchev–Trinajstić information content (AvgIpc) is 2.73. The zero-order valence-electron chi connectivity index (χ0n) is 10.9. The van der Waals surface area contributed by atoms with Crippen LogP contribution in [-0.2, 0) is 21.3 Å². The molecule has 0 saturated carbocycles. The van der Waals surface area contributed by atoms with Gasteiger partial charge in [0.2, 0.25) is 10.0 Å². The van der Waals surface area contributed by atoms with Crippen molar-refractivity contribution in [2.45, 2.75) is 18.7 Å². The van der Waals surface area contributed by atoms with Crippen LogP contribution in [0, 0.1) is 0 Å². The van der Waals surface area contributed by atoms with E-state index in [0.29, 0.717) is 25.4 Å². The fourth-order valence-electron chi connectivity index (χ4n) is 1.39. The summed E-state index contributed by atoms with van der Waals surface area (Å²) in [5.74, 6) is 0. The van der Waals surface area contributed by atoms with Crippen LogP contribution in [-0.4, -0.2) is 50.8 Å². The van der Waals surface area contributed by atoms with Crippen molar-refractivity contribution in [1.82, 2.24) is 15.1 Å². The molecular formula is C10H20N4O3S. The van der Waals surface area contributed by atoms with E-state index in [2.05, 4.69) is 15.1 Å². The third kappa shape index (κ3) is 4.28. The molecule has 1 unspecified atom stereocenters. The highest BCUT2D eigenvalue weighted by molar-refractivity contribution is 7.93. The van der Waals surface area contributed by atoms with E-state index in [1.807, 2.05) is 0 Å². The largest absolute Gasteiger partial charge is 0.383 e. The first kappa shape index (κ1) is 14.9. The third-order valence-electron chi connectivity index (χ3n) is 2.44. The molecule has 104 valence electrons. The first-order valence-corrected chi connectivity index (χ1v) is 7.22. The summed E-state index contributed by atoms with van der Waals surface area (Å²) < 4.78 is 32.9. The van der Waals surface area contributed by atoms with E-state index in [1.165, 1.54) is 6.20 Å². The number of nitrogens with zero attached hydrogens (tertiary/aromatic N) is 2. The topological polar surface area (TPSA) is 85.3 Å². The van der Waals surface area contributed by atoms with Gasteiger partial charge in [-0.15, -0.1) is 0 Å². The SMILES string of the molecule is CNCC(C)S(=O)(=O)Nc1cnn(CCOC)c1. The zero-order chi connectivity index (χ0) is 13.6. The van der Waals surface area contributed by atoms with Crippen LogP contribution in [0.5, 0.6) is 0 Å². The number of methoxy groups -OCH3 is 1. The standard InChI is InChI=1S/C10H20N4O3S/c1-9(6-11-2)18(15,16)13-10-7-12-14(8-10)4-5-17-3/h7-9,11,13H,4-6H2,1-3H3. The summed E-state index contributed by atoms with van der Waals surface area (Å²) in [5.41, 5.74) is 0.467. The lowest BCUT2D eigenvalue weighted by Crippen LogP contribution is -2.33. The molecule has 1 atom stereocenters. The number of aromatic nitrogens is 2. The Hall–Kier alpha value is -1.12. The molecule has 0 bridgehead atoms. The van der Waals surface area contributed by atoms with Gasteiger partial charge >= 0.3 is 0 Å². The van der Waals surface area contributed by atoms with E-state index in [9.17, 15) is 8.42 Å². The first-order valence-electron chi connectivity index (χ1n) is 5.67. The lowest BCUT2D eigenvalue weighted by Gasteiger charge is -2.12. The van der Waals surface area contributed by atoms with E-state index < -0.39 is 15.3 Å². The van der Waals surface area contributed by atoms with Gasteiger partial charge in [-0.1, -0.05) is 0 Å². The predicted molar refractivity (Wildman–Crippen MR) is 70.0 cm³/mol. The van der Waals surface area contributed by atoms with Crippen LogP contribution in [0.3, 0.4) is 0 Å². The number of rotatable bonds is 8. The van der Waals surface area contributed by atoms with E-state index in [-0.39, 0.29) is 0 Å². The van der Waals surface area contributed by atoms with Crippen LogP contribution < -0.4 is 10.0 Å². The Morgan fingerprint density at radius 3 is 2.89 bits per heavy atom. The Morgan fingerprint density at radius 2 is 2.28 bits per heavy atom. The second-order valence-corrected chi connectivity index (χ2v) is 6.10. The van der Waals surface area contributed by atoms with Gasteiger partial charge in [0, 0.05) is 19.9 Å². The van der Waals surface area contributed by atoms with Crippen molar-refractivity contribution >= 4 is 15.7 Å². The lowest BCUT2D eigenvalue weighted by atomic mass is 10.5. The van der Waals surface area contributed by atoms with Gasteiger partial charge < -0.3 is 10.1 Å². The van der Waals surface area contributed by atoms with Crippen LogP contribution in [0.15, 0.2) is 12.4 Å². The summed E-state index contributed by atoms with van der Waals surface area (Å²) >= 11 is 0. The number of hydrogen-bond acceptors (Lipinski definition) is 5. The van der Waals surface area contributed by atoms with Gasteiger partial charge in [0.1, 0.15) is 0 Å². The Balaban J connectivity index is 2.64. The molecule has 0 aromatic carbocycles. The van der Waals surface area contributed by atoms with Gasteiger partial charge in [-0.05, 0) is 14.0 Å². The van der Waals surface area contributed by atoms with Gasteiger partial charge in [-0.25, -0.2) is 8.42 Å².